The summed E-state index contributed by atoms with van der Waals surface area (Å²) in [5.41, 5.74) is 5.93. The number of fused-ring (bicyclic) bond motifs is 1. The molecule has 0 saturated carbocycles. The normalized spacial score (nSPS) is 10.6. The lowest BCUT2D eigenvalue weighted by Gasteiger charge is -2.01. The quantitative estimate of drug-likeness (QED) is 0.704. The minimum absolute atomic E-state index is 0.292. The summed E-state index contributed by atoms with van der Waals surface area (Å²) in [5.74, 6) is -0.0851. The van der Waals surface area contributed by atoms with Crippen molar-refractivity contribution >= 4 is 28.3 Å². The van der Waals surface area contributed by atoms with Crippen LogP contribution < -0.4 is 5.73 Å². The predicted molar refractivity (Wildman–Crippen MR) is 51.1 cm³/mol. The van der Waals surface area contributed by atoms with E-state index in [9.17, 15) is 4.39 Å². The van der Waals surface area contributed by atoms with Gasteiger partial charge in [-0.25, -0.2) is 9.37 Å². The average Bonchev–Trinajstić information content (AvgIpc) is 2.02. The highest BCUT2D eigenvalue weighted by Crippen LogP contribution is 2.26. The molecule has 0 aliphatic heterocycles. The van der Waals surface area contributed by atoms with Gasteiger partial charge in [0.05, 0.1) is 15.9 Å². The van der Waals surface area contributed by atoms with Crippen LogP contribution in [-0.2, 0) is 0 Å². The van der Waals surface area contributed by atoms with Crippen LogP contribution in [0.25, 0.3) is 10.9 Å². The van der Waals surface area contributed by atoms with Crippen LogP contribution in [0.5, 0.6) is 0 Å². The molecule has 0 radical (unpaired) electrons. The van der Waals surface area contributed by atoms with E-state index in [1.807, 2.05) is 0 Å². The summed E-state index contributed by atoms with van der Waals surface area (Å²) in [6.45, 7) is 0. The number of nitrogens with two attached hydrogens (primary N) is 1. The summed E-state index contributed by atoms with van der Waals surface area (Å²) in [5, 5.41) is 0.610. The molecule has 66 valence electrons. The summed E-state index contributed by atoms with van der Waals surface area (Å²) in [6.07, 6.45) is 0. The highest BCUT2D eigenvalue weighted by molar-refractivity contribution is 6.35. The number of halogens is 2. The van der Waals surface area contributed by atoms with Gasteiger partial charge in [0.2, 0.25) is 0 Å². The summed E-state index contributed by atoms with van der Waals surface area (Å²) in [6, 6.07) is 6.01. The number of rotatable bonds is 0. The van der Waals surface area contributed by atoms with Gasteiger partial charge in [-0.3, -0.25) is 0 Å². The highest BCUT2D eigenvalue weighted by Gasteiger charge is 2.06. The fraction of sp³-hybridized carbons (Fsp3) is 0. The Labute approximate surface area is 79.1 Å². The van der Waals surface area contributed by atoms with Gasteiger partial charge in [-0.2, -0.15) is 0 Å². The van der Waals surface area contributed by atoms with E-state index in [0.717, 1.165) is 0 Å². The molecule has 1 aromatic carbocycles. The van der Waals surface area contributed by atoms with E-state index in [4.69, 9.17) is 17.3 Å². The zero-order chi connectivity index (χ0) is 9.42. The molecule has 0 aliphatic carbocycles. The zero-order valence-corrected chi connectivity index (χ0v) is 7.35. The van der Waals surface area contributed by atoms with Crippen LogP contribution in [0.4, 0.5) is 10.2 Å². The van der Waals surface area contributed by atoms with Gasteiger partial charge in [-0.05, 0) is 18.2 Å². The van der Waals surface area contributed by atoms with Crippen LogP contribution in [0.2, 0.25) is 5.02 Å². The second-order valence-electron chi connectivity index (χ2n) is 2.66. The third-order valence-corrected chi connectivity index (χ3v) is 2.05. The number of hydrogen-bond donors (Lipinski definition) is 1. The molecule has 2 nitrogen and oxygen atoms in total. The number of anilines is 1. The number of benzene rings is 1. The molecule has 1 heterocycles. The Morgan fingerprint density at radius 3 is 2.92 bits per heavy atom. The Balaban J connectivity index is 2.94. The SMILES string of the molecule is Nc1cc(Cl)c2c(F)cccc2n1. The lowest BCUT2D eigenvalue weighted by Crippen LogP contribution is -1.92. The van der Waals surface area contributed by atoms with Crippen molar-refractivity contribution in [2.75, 3.05) is 5.73 Å². The Kier molecular flexibility index (Phi) is 1.81. The maximum absolute atomic E-state index is 13.2. The van der Waals surface area contributed by atoms with Gasteiger partial charge in [0, 0.05) is 0 Å². The second kappa shape index (κ2) is 2.85. The van der Waals surface area contributed by atoms with Crippen LogP contribution in [0, 0.1) is 5.82 Å². The number of pyridine rings is 1. The summed E-state index contributed by atoms with van der Waals surface area (Å²) in [4.78, 5) is 3.95. The van der Waals surface area contributed by atoms with Gasteiger partial charge >= 0.3 is 0 Å². The summed E-state index contributed by atoms with van der Waals surface area (Å²) < 4.78 is 13.2. The number of aromatic nitrogens is 1. The van der Waals surface area contributed by atoms with Crippen molar-refractivity contribution in [2.45, 2.75) is 0 Å². The Morgan fingerprint density at radius 1 is 1.38 bits per heavy atom. The second-order valence-corrected chi connectivity index (χ2v) is 3.07. The molecule has 0 saturated heterocycles. The molecule has 2 rings (SSSR count). The summed E-state index contributed by atoms with van der Waals surface area (Å²) >= 11 is 5.81. The molecule has 13 heavy (non-hydrogen) atoms. The first-order valence-corrected chi connectivity index (χ1v) is 4.06. The molecule has 0 aliphatic rings. The molecule has 2 N–H and O–H groups in total. The van der Waals surface area contributed by atoms with E-state index in [0.29, 0.717) is 21.7 Å². The van der Waals surface area contributed by atoms with E-state index in [2.05, 4.69) is 4.98 Å². The molecular formula is C9H6ClFN2. The molecule has 0 fully saturated rings. The van der Waals surface area contributed by atoms with E-state index in [-0.39, 0.29) is 5.82 Å². The zero-order valence-electron chi connectivity index (χ0n) is 6.59. The van der Waals surface area contributed by atoms with Gasteiger partial charge in [0.25, 0.3) is 0 Å². The van der Waals surface area contributed by atoms with Gasteiger partial charge in [0.15, 0.2) is 0 Å². The first-order valence-electron chi connectivity index (χ1n) is 3.69. The van der Waals surface area contributed by atoms with Crippen molar-refractivity contribution in [1.29, 1.82) is 0 Å². The lowest BCUT2D eigenvalue weighted by atomic mass is 10.2. The van der Waals surface area contributed by atoms with E-state index in [1.54, 1.807) is 12.1 Å². The molecule has 4 heteroatoms. The third kappa shape index (κ3) is 1.31. The van der Waals surface area contributed by atoms with Crippen LogP contribution >= 0.6 is 11.6 Å². The van der Waals surface area contributed by atoms with Gasteiger partial charge < -0.3 is 5.73 Å². The number of nitrogen functional groups attached to an aromatic ring is 1. The third-order valence-electron chi connectivity index (χ3n) is 1.75. The maximum atomic E-state index is 13.2. The van der Waals surface area contributed by atoms with E-state index >= 15 is 0 Å². The first kappa shape index (κ1) is 8.26. The molecule has 2 aromatic rings. The van der Waals surface area contributed by atoms with Crippen LogP contribution in [0.15, 0.2) is 24.3 Å². The average molecular weight is 197 g/mol. The standard InChI is InChI=1S/C9H6ClFN2/c10-5-4-8(12)13-7-3-1-2-6(11)9(5)7/h1-4H,(H2,12,13). The molecule has 1 aromatic heterocycles. The largest absolute Gasteiger partial charge is 0.384 e. The van der Waals surface area contributed by atoms with Crippen molar-refractivity contribution in [1.82, 2.24) is 4.98 Å². The van der Waals surface area contributed by atoms with Crippen molar-refractivity contribution in [2.24, 2.45) is 0 Å². The van der Waals surface area contributed by atoms with E-state index < -0.39 is 0 Å². The first-order chi connectivity index (χ1) is 6.18. The van der Waals surface area contributed by atoms with Crippen molar-refractivity contribution in [3.63, 3.8) is 0 Å². The van der Waals surface area contributed by atoms with Crippen LogP contribution in [0.1, 0.15) is 0 Å². The number of hydrogen-bond acceptors (Lipinski definition) is 2. The van der Waals surface area contributed by atoms with Gasteiger partial charge in [-0.15, -0.1) is 0 Å². The van der Waals surface area contributed by atoms with Gasteiger partial charge in [0.1, 0.15) is 11.6 Å². The highest BCUT2D eigenvalue weighted by atomic mass is 35.5. The Hall–Kier alpha value is -1.35. The van der Waals surface area contributed by atoms with Crippen molar-refractivity contribution < 1.29 is 4.39 Å². The lowest BCUT2D eigenvalue weighted by molar-refractivity contribution is 0.639. The van der Waals surface area contributed by atoms with Crippen molar-refractivity contribution in [3.8, 4) is 0 Å². The molecular weight excluding hydrogens is 191 g/mol. The van der Waals surface area contributed by atoms with Crippen LogP contribution in [-0.4, -0.2) is 4.98 Å². The van der Waals surface area contributed by atoms with E-state index in [1.165, 1.54) is 12.1 Å². The molecule has 0 amide bonds. The number of nitrogens with zero attached hydrogens (tertiary/aromatic N) is 1. The fourth-order valence-electron chi connectivity index (χ4n) is 1.22. The van der Waals surface area contributed by atoms with Gasteiger partial charge in [-0.1, -0.05) is 17.7 Å². The monoisotopic (exact) mass is 196 g/mol. The smallest absolute Gasteiger partial charge is 0.134 e. The fourth-order valence-corrected chi connectivity index (χ4v) is 1.51. The topological polar surface area (TPSA) is 38.9 Å². The summed E-state index contributed by atoms with van der Waals surface area (Å²) in [7, 11) is 0. The molecule has 0 spiro atoms. The minimum atomic E-state index is -0.380. The Bertz CT molecular complexity index is 470. The molecule has 0 unspecified atom stereocenters. The predicted octanol–water partition coefficient (Wildman–Crippen LogP) is 2.61. The van der Waals surface area contributed by atoms with Crippen molar-refractivity contribution in [3.05, 3.63) is 35.1 Å². The maximum Gasteiger partial charge on any atom is 0.134 e. The molecule has 0 bridgehead atoms. The molecule has 0 atom stereocenters. The Morgan fingerprint density at radius 2 is 2.15 bits per heavy atom. The minimum Gasteiger partial charge on any atom is -0.384 e. The van der Waals surface area contributed by atoms with Crippen LogP contribution in [0.3, 0.4) is 0 Å².